The van der Waals surface area contributed by atoms with Gasteiger partial charge in [0.05, 0.1) is 13.2 Å². The normalized spacial score (nSPS) is 12.3. The molecule has 0 unspecified atom stereocenters. The van der Waals surface area contributed by atoms with Gasteiger partial charge in [-0.2, -0.15) is 0 Å². The summed E-state index contributed by atoms with van der Waals surface area (Å²) in [7, 11) is 1.32. The molecule has 2 N–H and O–H groups in total. The molecule has 0 heterocycles. The van der Waals surface area contributed by atoms with Gasteiger partial charge in [0.2, 0.25) is 0 Å². The Kier molecular flexibility index (Phi) is 16.9. The maximum atomic E-state index is 12.4. The monoisotopic (exact) mass is 472 g/mol. The van der Waals surface area contributed by atoms with Crippen LogP contribution >= 0.6 is 0 Å². The Morgan fingerprint density at radius 3 is 1.79 bits per heavy atom. The maximum Gasteiger partial charge on any atom is 0.410 e. The van der Waals surface area contributed by atoms with Gasteiger partial charge in [0, 0.05) is 19.9 Å². The molecule has 0 fully saturated rings. The van der Waals surface area contributed by atoms with Crippen LogP contribution in [0.15, 0.2) is 0 Å². The number of amides is 2. The quantitative estimate of drug-likeness (QED) is 0.163. The van der Waals surface area contributed by atoms with Crippen LogP contribution in [0, 0.1) is 0 Å². The molecule has 0 radical (unpaired) electrons. The number of hydroxylamine groups is 2. The Balaban J connectivity index is 4.07. The molecule has 0 spiro atoms. The van der Waals surface area contributed by atoms with Gasteiger partial charge < -0.3 is 9.84 Å². The van der Waals surface area contributed by atoms with E-state index < -0.39 is 30.3 Å². The van der Waals surface area contributed by atoms with Crippen LogP contribution in [0.25, 0.3) is 0 Å². The third-order valence-corrected chi connectivity index (χ3v) is 5.52. The van der Waals surface area contributed by atoms with Crippen LogP contribution in [0.1, 0.15) is 111 Å². The number of hydrogen-bond donors (Lipinski definition) is 2. The Labute approximate surface area is 200 Å². The molecule has 2 amide bonds. The summed E-state index contributed by atoms with van der Waals surface area (Å²) in [6.45, 7) is 6.45. The average Bonchev–Trinajstić information content (AvgIpc) is 2.74. The van der Waals surface area contributed by atoms with E-state index in [-0.39, 0.29) is 18.7 Å². The molecule has 0 saturated carbocycles. The molecule has 0 bridgehead atoms. The van der Waals surface area contributed by atoms with E-state index in [2.05, 4.69) is 6.92 Å². The first kappa shape index (κ1) is 31.3. The SMILES string of the molecule is CCCCCCCCCCCCCC(=O)CCN(O)C(=O)[C@H](CO)N(C)C(=O)OC(C)(C)C. The predicted octanol–water partition coefficient (Wildman–Crippen LogP) is 5.09. The van der Waals surface area contributed by atoms with Gasteiger partial charge in [-0.1, -0.05) is 71.1 Å². The van der Waals surface area contributed by atoms with Crippen LogP contribution in [0.2, 0.25) is 0 Å². The lowest BCUT2D eigenvalue weighted by molar-refractivity contribution is -0.172. The molecule has 33 heavy (non-hydrogen) atoms. The van der Waals surface area contributed by atoms with Crippen LogP contribution in [0.5, 0.6) is 0 Å². The largest absolute Gasteiger partial charge is 0.444 e. The van der Waals surface area contributed by atoms with Gasteiger partial charge in [0.1, 0.15) is 17.4 Å². The molecule has 0 aliphatic rings. The summed E-state index contributed by atoms with van der Waals surface area (Å²) < 4.78 is 5.19. The zero-order valence-electron chi connectivity index (χ0n) is 21.6. The number of rotatable bonds is 18. The highest BCUT2D eigenvalue weighted by Crippen LogP contribution is 2.14. The van der Waals surface area contributed by atoms with Gasteiger partial charge in [0.25, 0.3) is 5.91 Å². The van der Waals surface area contributed by atoms with E-state index in [0.29, 0.717) is 11.5 Å². The van der Waals surface area contributed by atoms with Crippen molar-refractivity contribution < 1.29 is 29.4 Å². The van der Waals surface area contributed by atoms with Crippen molar-refractivity contribution in [2.75, 3.05) is 20.2 Å². The predicted molar refractivity (Wildman–Crippen MR) is 129 cm³/mol. The first-order chi connectivity index (χ1) is 15.5. The van der Waals surface area contributed by atoms with Crippen molar-refractivity contribution in [2.45, 2.75) is 123 Å². The van der Waals surface area contributed by atoms with E-state index in [9.17, 15) is 24.7 Å². The van der Waals surface area contributed by atoms with Crippen molar-refractivity contribution in [3.63, 3.8) is 0 Å². The number of ether oxygens (including phenoxy) is 1. The lowest BCUT2D eigenvalue weighted by Gasteiger charge is -2.30. The number of nitrogens with zero attached hydrogens (tertiary/aromatic N) is 2. The number of aliphatic hydroxyl groups excluding tert-OH is 1. The molecule has 0 aromatic rings. The zero-order valence-corrected chi connectivity index (χ0v) is 21.6. The number of likely N-dealkylation sites (N-methyl/N-ethyl adjacent to an activating group) is 1. The lowest BCUT2D eigenvalue weighted by atomic mass is 10.0. The summed E-state index contributed by atoms with van der Waals surface area (Å²) >= 11 is 0. The molecule has 0 aliphatic heterocycles. The molecule has 8 nitrogen and oxygen atoms in total. The molecule has 0 aromatic carbocycles. The smallest absolute Gasteiger partial charge is 0.410 e. The van der Waals surface area contributed by atoms with E-state index in [0.717, 1.165) is 24.2 Å². The number of hydrogen-bond acceptors (Lipinski definition) is 6. The fraction of sp³-hybridized carbons (Fsp3) is 0.880. The van der Waals surface area contributed by atoms with Gasteiger partial charge in [-0.15, -0.1) is 0 Å². The topological polar surface area (TPSA) is 107 Å². The summed E-state index contributed by atoms with van der Waals surface area (Å²) in [5.74, 6) is -0.868. The van der Waals surface area contributed by atoms with Gasteiger partial charge in [0.15, 0.2) is 0 Å². The van der Waals surface area contributed by atoms with Crippen molar-refractivity contribution in [3.05, 3.63) is 0 Å². The van der Waals surface area contributed by atoms with Crippen molar-refractivity contribution in [1.82, 2.24) is 9.96 Å². The van der Waals surface area contributed by atoms with Gasteiger partial charge in [-0.25, -0.2) is 9.86 Å². The highest BCUT2D eigenvalue weighted by molar-refractivity contribution is 5.85. The molecule has 194 valence electrons. The Bertz CT molecular complexity index is 562. The third-order valence-electron chi connectivity index (χ3n) is 5.52. The molecule has 0 rings (SSSR count). The van der Waals surface area contributed by atoms with Gasteiger partial charge in [-0.05, 0) is 27.2 Å². The second kappa shape index (κ2) is 17.8. The molecule has 1 atom stereocenters. The van der Waals surface area contributed by atoms with E-state index >= 15 is 0 Å². The fourth-order valence-electron chi connectivity index (χ4n) is 3.45. The summed E-state index contributed by atoms with van der Waals surface area (Å²) in [6, 6.07) is -1.29. The van der Waals surface area contributed by atoms with Crippen molar-refractivity contribution in [3.8, 4) is 0 Å². The molecular weight excluding hydrogens is 424 g/mol. The molecule has 0 aliphatic carbocycles. The number of unbranched alkanes of at least 4 members (excludes halogenated alkanes) is 10. The minimum absolute atomic E-state index is 0.0150. The van der Waals surface area contributed by atoms with Crippen LogP contribution in [0.3, 0.4) is 0 Å². The Hall–Kier alpha value is -1.67. The highest BCUT2D eigenvalue weighted by Gasteiger charge is 2.32. The van der Waals surface area contributed by atoms with E-state index in [4.69, 9.17) is 4.74 Å². The zero-order chi connectivity index (χ0) is 25.3. The van der Waals surface area contributed by atoms with Crippen LogP contribution in [-0.2, 0) is 14.3 Å². The van der Waals surface area contributed by atoms with Crippen LogP contribution in [-0.4, -0.2) is 69.9 Å². The van der Waals surface area contributed by atoms with E-state index in [1.54, 1.807) is 20.8 Å². The summed E-state index contributed by atoms with van der Waals surface area (Å²) in [6.07, 6.45) is 13.0. The van der Waals surface area contributed by atoms with E-state index in [1.807, 2.05) is 0 Å². The first-order valence-corrected chi connectivity index (χ1v) is 12.6. The number of ketones is 1. The summed E-state index contributed by atoms with van der Waals surface area (Å²) in [5.41, 5.74) is -0.756. The van der Waals surface area contributed by atoms with E-state index in [1.165, 1.54) is 58.4 Å². The van der Waals surface area contributed by atoms with Crippen molar-refractivity contribution in [1.29, 1.82) is 0 Å². The van der Waals surface area contributed by atoms with Crippen LogP contribution in [0.4, 0.5) is 4.79 Å². The molecule has 0 saturated heterocycles. The van der Waals surface area contributed by atoms with Gasteiger partial charge >= 0.3 is 6.09 Å². The summed E-state index contributed by atoms with van der Waals surface area (Å²) in [5, 5.41) is 20.0. The number of Topliss-reactive ketones (excluding diaryl/α,β-unsaturated/α-hetero) is 1. The Morgan fingerprint density at radius 2 is 1.33 bits per heavy atom. The Morgan fingerprint density at radius 1 is 0.848 bits per heavy atom. The summed E-state index contributed by atoms with van der Waals surface area (Å²) in [4.78, 5) is 37.6. The molecule has 0 aromatic heterocycles. The van der Waals surface area contributed by atoms with Gasteiger partial charge in [-0.3, -0.25) is 19.7 Å². The second-order valence-corrected chi connectivity index (χ2v) is 9.83. The highest BCUT2D eigenvalue weighted by atomic mass is 16.6. The maximum absolute atomic E-state index is 12.4. The standard InChI is InChI=1S/C25H48N2O6/c1-6-7-8-9-10-11-12-13-14-15-16-17-21(29)18-19-27(32)23(30)22(20-28)26(5)24(31)33-25(2,3)4/h22,28,32H,6-20H2,1-5H3/t22-/m0/s1. The first-order valence-electron chi connectivity index (χ1n) is 12.6. The number of aliphatic hydroxyl groups is 1. The van der Waals surface area contributed by atoms with Crippen molar-refractivity contribution >= 4 is 17.8 Å². The fourth-order valence-corrected chi connectivity index (χ4v) is 3.45. The third kappa shape index (κ3) is 15.7. The number of carbonyl (C=O) groups excluding carboxylic acids is 3. The number of carbonyl (C=O) groups is 3. The average molecular weight is 473 g/mol. The second-order valence-electron chi connectivity index (χ2n) is 9.83. The minimum atomic E-state index is -1.29. The van der Waals surface area contributed by atoms with Crippen LogP contribution < -0.4 is 0 Å². The minimum Gasteiger partial charge on any atom is -0.444 e. The molecular formula is C25H48N2O6. The van der Waals surface area contributed by atoms with Crippen molar-refractivity contribution in [2.24, 2.45) is 0 Å². The lowest BCUT2D eigenvalue weighted by Crippen LogP contribution is -2.51. The molecule has 8 heteroatoms.